The second-order valence-electron chi connectivity index (χ2n) is 5.37. The van der Waals surface area contributed by atoms with Crippen LogP contribution in [0.3, 0.4) is 0 Å². The summed E-state index contributed by atoms with van der Waals surface area (Å²) in [5.74, 6) is -0.624. The largest absolute Gasteiger partial charge is 0.325 e. The molecule has 5 nitrogen and oxygen atoms in total. The fraction of sp³-hybridized carbons (Fsp3) is 0.429. The normalized spacial score (nSPS) is 21.0. The molecule has 1 spiro atoms. The van der Waals surface area contributed by atoms with Crippen LogP contribution in [-0.4, -0.2) is 35.5 Å². The summed E-state index contributed by atoms with van der Waals surface area (Å²) < 4.78 is 13.8. The number of urea groups is 1. The molecule has 3 rings (SSSR count). The average Bonchev–Trinajstić information content (AvgIpc) is 2.69. The third-order valence-electron chi connectivity index (χ3n) is 4.06. The van der Waals surface area contributed by atoms with Crippen molar-refractivity contribution in [2.24, 2.45) is 0 Å². The lowest BCUT2D eigenvalue weighted by Gasteiger charge is -2.31. The van der Waals surface area contributed by atoms with Gasteiger partial charge in [0, 0.05) is 0 Å². The first-order valence-corrected chi connectivity index (χ1v) is 7.60. The van der Waals surface area contributed by atoms with Gasteiger partial charge in [0.1, 0.15) is 11.4 Å². The minimum atomic E-state index is -0.790. The standard InChI is InChI=1S/C14H15BrFN3O2/c15-11-9(2-1-3-10(11)16)8-19-12(20)14(18-13(19)21)4-6-17-7-5-14/h1-3,17H,4-8H2,(H,18,21). The Morgan fingerprint density at radius 2 is 2.00 bits per heavy atom. The van der Waals surface area contributed by atoms with Gasteiger partial charge in [-0.25, -0.2) is 9.18 Å². The van der Waals surface area contributed by atoms with Crippen LogP contribution in [0, 0.1) is 5.82 Å². The second kappa shape index (κ2) is 5.38. The Kier molecular flexibility index (Phi) is 3.71. The van der Waals surface area contributed by atoms with Gasteiger partial charge in [0.25, 0.3) is 5.91 Å². The lowest BCUT2D eigenvalue weighted by molar-refractivity contribution is -0.132. The summed E-state index contributed by atoms with van der Waals surface area (Å²) in [5.41, 5.74) is -0.216. The highest BCUT2D eigenvalue weighted by Crippen LogP contribution is 2.29. The molecule has 2 fully saturated rings. The molecule has 2 saturated heterocycles. The SMILES string of the molecule is O=C1NC2(CCNCC2)C(=O)N1Cc1cccc(F)c1Br. The average molecular weight is 356 g/mol. The summed E-state index contributed by atoms with van der Waals surface area (Å²) in [7, 11) is 0. The molecule has 0 unspecified atom stereocenters. The van der Waals surface area contributed by atoms with Gasteiger partial charge >= 0.3 is 6.03 Å². The summed E-state index contributed by atoms with van der Waals surface area (Å²) in [5, 5.41) is 5.99. The van der Waals surface area contributed by atoms with E-state index in [1.807, 2.05) is 0 Å². The predicted octanol–water partition coefficient (Wildman–Crippen LogP) is 1.76. The number of hydrogen-bond acceptors (Lipinski definition) is 3. The molecule has 21 heavy (non-hydrogen) atoms. The number of hydrogen-bond donors (Lipinski definition) is 2. The van der Waals surface area contributed by atoms with E-state index in [9.17, 15) is 14.0 Å². The maximum Gasteiger partial charge on any atom is 0.325 e. The number of nitrogens with one attached hydrogen (secondary N) is 2. The Morgan fingerprint density at radius 1 is 1.29 bits per heavy atom. The van der Waals surface area contributed by atoms with Gasteiger partial charge in [-0.15, -0.1) is 0 Å². The molecule has 7 heteroatoms. The molecule has 1 aromatic rings. The van der Waals surface area contributed by atoms with E-state index in [0.717, 1.165) is 0 Å². The highest BCUT2D eigenvalue weighted by molar-refractivity contribution is 9.10. The number of nitrogens with zero attached hydrogens (tertiary/aromatic N) is 1. The number of halogens is 2. The lowest BCUT2D eigenvalue weighted by atomic mass is 9.88. The van der Waals surface area contributed by atoms with Crippen molar-refractivity contribution in [3.8, 4) is 0 Å². The van der Waals surface area contributed by atoms with Crippen LogP contribution < -0.4 is 10.6 Å². The number of carbonyl (C=O) groups excluding carboxylic acids is 2. The van der Waals surface area contributed by atoms with Gasteiger partial charge in [0.05, 0.1) is 11.0 Å². The number of carbonyl (C=O) groups is 2. The van der Waals surface area contributed by atoms with Gasteiger partial charge < -0.3 is 10.6 Å². The zero-order valence-electron chi connectivity index (χ0n) is 11.3. The first-order chi connectivity index (χ1) is 10.0. The molecular weight excluding hydrogens is 341 g/mol. The monoisotopic (exact) mass is 355 g/mol. The molecule has 112 valence electrons. The van der Waals surface area contributed by atoms with Crippen LogP contribution in [-0.2, 0) is 11.3 Å². The number of amides is 3. The van der Waals surface area contributed by atoms with Gasteiger partial charge in [-0.05, 0) is 53.5 Å². The van der Waals surface area contributed by atoms with Gasteiger partial charge in [-0.2, -0.15) is 0 Å². The van der Waals surface area contributed by atoms with Gasteiger partial charge in [-0.1, -0.05) is 12.1 Å². The minimum absolute atomic E-state index is 0.0676. The molecule has 0 aromatic heterocycles. The maximum absolute atomic E-state index is 13.5. The Bertz CT molecular complexity index is 602. The number of imide groups is 1. The summed E-state index contributed by atoms with van der Waals surface area (Å²) in [4.78, 5) is 25.9. The molecule has 3 amide bonds. The van der Waals surface area contributed by atoms with Crippen LogP contribution in [0.25, 0.3) is 0 Å². The highest BCUT2D eigenvalue weighted by Gasteiger charge is 2.51. The van der Waals surface area contributed by atoms with Crippen LogP contribution in [0.5, 0.6) is 0 Å². The Balaban J connectivity index is 1.84. The molecule has 1 aromatic carbocycles. The van der Waals surface area contributed by atoms with E-state index >= 15 is 0 Å². The lowest BCUT2D eigenvalue weighted by Crippen LogP contribution is -2.53. The topological polar surface area (TPSA) is 61.4 Å². The number of rotatable bonds is 2. The Labute approximate surface area is 130 Å². The highest BCUT2D eigenvalue weighted by atomic mass is 79.9. The fourth-order valence-corrected chi connectivity index (χ4v) is 3.24. The molecule has 2 aliphatic rings. The van der Waals surface area contributed by atoms with E-state index in [0.29, 0.717) is 31.5 Å². The van der Waals surface area contributed by atoms with Gasteiger partial charge in [0.2, 0.25) is 0 Å². The van der Waals surface area contributed by atoms with E-state index in [1.165, 1.54) is 11.0 Å². The van der Waals surface area contributed by atoms with Crippen LogP contribution in [0.2, 0.25) is 0 Å². The fourth-order valence-electron chi connectivity index (χ4n) is 2.85. The first kappa shape index (κ1) is 14.5. The molecule has 2 heterocycles. The number of benzene rings is 1. The van der Waals surface area contributed by atoms with Crippen LogP contribution in [0.4, 0.5) is 9.18 Å². The minimum Gasteiger partial charge on any atom is -0.323 e. The van der Waals surface area contributed by atoms with Crippen molar-refractivity contribution in [1.29, 1.82) is 0 Å². The third kappa shape index (κ3) is 2.44. The predicted molar refractivity (Wildman–Crippen MR) is 78.0 cm³/mol. The second-order valence-corrected chi connectivity index (χ2v) is 6.16. The summed E-state index contributed by atoms with van der Waals surface area (Å²) >= 11 is 3.16. The van der Waals surface area contributed by atoms with Crippen molar-refractivity contribution in [3.63, 3.8) is 0 Å². The smallest absolute Gasteiger partial charge is 0.323 e. The van der Waals surface area contributed by atoms with Crippen molar-refractivity contribution in [2.45, 2.75) is 24.9 Å². The quantitative estimate of drug-likeness (QED) is 0.794. The number of piperidine rings is 1. The molecule has 2 aliphatic heterocycles. The van der Waals surface area contributed by atoms with Crippen molar-refractivity contribution in [3.05, 3.63) is 34.1 Å². The summed E-state index contributed by atoms with van der Waals surface area (Å²) in [6, 6.07) is 4.18. The van der Waals surface area contributed by atoms with E-state index in [4.69, 9.17) is 0 Å². The molecule has 0 atom stereocenters. The molecule has 0 aliphatic carbocycles. The van der Waals surface area contributed by atoms with E-state index in [1.54, 1.807) is 12.1 Å². The molecule has 0 bridgehead atoms. The van der Waals surface area contributed by atoms with Crippen molar-refractivity contribution in [2.75, 3.05) is 13.1 Å². The molecular formula is C14H15BrFN3O2. The van der Waals surface area contributed by atoms with Gasteiger partial charge in [-0.3, -0.25) is 9.69 Å². The maximum atomic E-state index is 13.5. The van der Waals surface area contributed by atoms with Crippen LogP contribution in [0.1, 0.15) is 18.4 Å². The molecule has 2 N–H and O–H groups in total. The van der Waals surface area contributed by atoms with E-state index in [2.05, 4.69) is 26.6 Å². The first-order valence-electron chi connectivity index (χ1n) is 6.81. The van der Waals surface area contributed by atoms with E-state index < -0.39 is 17.4 Å². The van der Waals surface area contributed by atoms with Crippen LogP contribution >= 0.6 is 15.9 Å². The van der Waals surface area contributed by atoms with Gasteiger partial charge in [0.15, 0.2) is 0 Å². The summed E-state index contributed by atoms with van der Waals surface area (Å²) in [6.45, 7) is 1.46. The molecule has 0 saturated carbocycles. The Hall–Kier alpha value is -1.47. The van der Waals surface area contributed by atoms with E-state index in [-0.39, 0.29) is 16.9 Å². The third-order valence-corrected chi connectivity index (χ3v) is 4.95. The zero-order valence-corrected chi connectivity index (χ0v) is 12.9. The zero-order chi connectivity index (χ0) is 15.0. The summed E-state index contributed by atoms with van der Waals surface area (Å²) in [6.07, 6.45) is 1.16. The Morgan fingerprint density at radius 3 is 2.71 bits per heavy atom. The van der Waals surface area contributed by atoms with Crippen molar-refractivity contribution in [1.82, 2.24) is 15.5 Å². The van der Waals surface area contributed by atoms with Crippen molar-refractivity contribution >= 4 is 27.9 Å². The van der Waals surface area contributed by atoms with Crippen LogP contribution in [0.15, 0.2) is 22.7 Å². The molecule has 0 radical (unpaired) electrons. The van der Waals surface area contributed by atoms with Crippen molar-refractivity contribution < 1.29 is 14.0 Å².